The topological polar surface area (TPSA) is 12.9 Å². The van der Waals surface area contributed by atoms with E-state index in [4.69, 9.17) is 46.4 Å². The maximum atomic E-state index is 6.39. The largest absolute Gasteiger partial charge is 0.251 e. The van der Waals surface area contributed by atoms with E-state index in [1.807, 2.05) is 0 Å². The van der Waals surface area contributed by atoms with Crippen LogP contribution in [0.2, 0.25) is 20.1 Å². The third-order valence-electron chi connectivity index (χ3n) is 3.07. The zero-order valence-corrected chi connectivity index (χ0v) is 11.7. The van der Waals surface area contributed by atoms with Crippen LogP contribution in [0.15, 0.2) is 6.07 Å². The Morgan fingerprint density at radius 3 is 2.47 bits per heavy atom. The standard InChI is InChI=1S/C12H7Cl4N/c13-6-4-7(14)12-9(11(6)16)10(15)5-2-1-3-8(5)17-12/h4H,1-3H2. The molecular formula is C12H7Cl4N. The number of nitrogens with zero attached hydrogens (tertiary/aromatic N) is 1. The molecule has 0 saturated heterocycles. The summed E-state index contributed by atoms with van der Waals surface area (Å²) in [5, 5.41) is 2.65. The maximum absolute atomic E-state index is 6.39. The molecule has 1 aromatic carbocycles. The summed E-state index contributed by atoms with van der Waals surface area (Å²) in [4.78, 5) is 4.56. The SMILES string of the molecule is Clc1cc(Cl)c2nc3c(c(Cl)c2c1Cl)CCC3. The van der Waals surface area contributed by atoms with Crippen molar-refractivity contribution in [2.75, 3.05) is 0 Å². The molecule has 1 aliphatic carbocycles. The van der Waals surface area contributed by atoms with Gasteiger partial charge in [-0.2, -0.15) is 0 Å². The molecule has 0 N–H and O–H groups in total. The minimum absolute atomic E-state index is 0.408. The highest BCUT2D eigenvalue weighted by Crippen LogP contribution is 2.42. The number of hydrogen-bond donors (Lipinski definition) is 0. The maximum Gasteiger partial charge on any atom is 0.0922 e. The van der Waals surface area contributed by atoms with Crippen LogP contribution in [-0.4, -0.2) is 4.98 Å². The van der Waals surface area contributed by atoms with Gasteiger partial charge < -0.3 is 0 Å². The van der Waals surface area contributed by atoms with E-state index in [0.717, 1.165) is 30.5 Å². The molecule has 0 atom stereocenters. The normalized spacial score (nSPS) is 14.4. The van der Waals surface area contributed by atoms with E-state index in [2.05, 4.69) is 4.98 Å². The number of aromatic nitrogens is 1. The molecule has 0 saturated carbocycles. The zero-order chi connectivity index (χ0) is 12.2. The van der Waals surface area contributed by atoms with Crippen LogP contribution in [0, 0.1) is 0 Å². The van der Waals surface area contributed by atoms with Gasteiger partial charge in [0.05, 0.1) is 25.6 Å². The Morgan fingerprint density at radius 2 is 1.71 bits per heavy atom. The molecule has 0 amide bonds. The van der Waals surface area contributed by atoms with E-state index in [1.54, 1.807) is 6.07 Å². The fourth-order valence-electron chi connectivity index (χ4n) is 2.27. The molecule has 1 aromatic heterocycles. The van der Waals surface area contributed by atoms with Crippen molar-refractivity contribution < 1.29 is 0 Å². The van der Waals surface area contributed by atoms with Gasteiger partial charge in [-0.3, -0.25) is 4.98 Å². The van der Waals surface area contributed by atoms with Crippen molar-refractivity contribution in [3.63, 3.8) is 0 Å². The van der Waals surface area contributed by atoms with Gasteiger partial charge >= 0.3 is 0 Å². The molecular weight excluding hydrogens is 300 g/mol. The second-order valence-electron chi connectivity index (χ2n) is 4.08. The van der Waals surface area contributed by atoms with Crippen LogP contribution in [0.4, 0.5) is 0 Å². The molecule has 5 heteroatoms. The first-order valence-electron chi connectivity index (χ1n) is 5.24. The lowest BCUT2D eigenvalue weighted by Crippen LogP contribution is -1.93. The summed E-state index contributed by atoms with van der Waals surface area (Å²) in [5.74, 6) is 0. The molecule has 0 bridgehead atoms. The first kappa shape index (κ1) is 11.9. The second kappa shape index (κ2) is 4.17. The van der Waals surface area contributed by atoms with Gasteiger partial charge in [-0.25, -0.2) is 0 Å². The Hall–Kier alpha value is -0.210. The molecule has 2 aromatic rings. The Labute approximate surface area is 119 Å². The lowest BCUT2D eigenvalue weighted by Gasteiger charge is -2.10. The molecule has 3 rings (SSSR count). The van der Waals surface area contributed by atoms with Crippen LogP contribution in [0.3, 0.4) is 0 Å². The van der Waals surface area contributed by atoms with Crippen molar-refractivity contribution in [3.8, 4) is 0 Å². The highest BCUT2D eigenvalue weighted by Gasteiger charge is 2.22. The van der Waals surface area contributed by atoms with Crippen molar-refractivity contribution in [1.82, 2.24) is 4.98 Å². The van der Waals surface area contributed by atoms with E-state index in [9.17, 15) is 0 Å². The first-order valence-corrected chi connectivity index (χ1v) is 6.75. The van der Waals surface area contributed by atoms with Gasteiger partial charge in [0, 0.05) is 11.1 Å². The van der Waals surface area contributed by atoms with E-state index < -0.39 is 0 Å². The molecule has 0 unspecified atom stereocenters. The van der Waals surface area contributed by atoms with Gasteiger partial charge in [0.2, 0.25) is 0 Å². The second-order valence-corrected chi connectivity index (χ2v) is 5.65. The van der Waals surface area contributed by atoms with E-state index in [1.165, 1.54) is 0 Å². The summed E-state index contributed by atoms with van der Waals surface area (Å²) >= 11 is 24.7. The summed E-state index contributed by atoms with van der Waals surface area (Å²) in [6.45, 7) is 0. The van der Waals surface area contributed by atoms with Crippen molar-refractivity contribution in [3.05, 3.63) is 37.4 Å². The summed E-state index contributed by atoms with van der Waals surface area (Å²) < 4.78 is 0. The predicted octanol–water partition coefficient (Wildman–Crippen LogP) is 5.34. The summed E-state index contributed by atoms with van der Waals surface area (Å²) in [5.41, 5.74) is 2.76. The minimum atomic E-state index is 0.408. The van der Waals surface area contributed by atoms with Gasteiger partial charge in [-0.15, -0.1) is 0 Å². The monoisotopic (exact) mass is 305 g/mol. The van der Waals surface area contributed by atoms with Crippen molar-refractivity contribution in [2.24, 2.45) is 0 Å². The average Bonchev–Trinajstić information content (AvgIpc) is 2.74. The van der Waals surface area contributed by atoms with Gasteiger partial charge in [0.25, 0.3) is 0 Å². The van der Waals surface area contributed by atoms with Crippen LogP contribution in [0.25, 0.3) is 10.9 Å². The quantitative estimate of drug-likeness (QED) is 0.599. The van der Waals surface area contributed by atoms with Crippen molar-refractivity contribution in [2.45, 2.75) is 19.3 Å². The Morgan fingerprint density at radius 1 is 0.941 bits per heavy atom. The molecule has 17 heavy (non-hydrogen) atoms. The third-order valence-corrected chi connectivity index (χ3v) is 4.56. The van der Waals surface area contributed by atoms with Crippen LogP contribution in [-0.2, 0) is 12.8 Å². The molecule has 0 fully saturated rings. The number of hydrogen-bond acceptors (Lipinski definition) is 1. The smallest absolute Gasteiger partial charge is 0.0922 e. The van der Waals surface area contributed by atoms with Crippen LogP contribution in [0.1, 0.15) is 17.7 Å². The number of aryl methyl sites for hydroxylation is 1. The third kappa shape index (κ3) is 1.72. The molecule has 1 heterocycles. The molecule has 0 radical (unpaired) electrons. The fraction of sp³-hybridized carbons (Fsp3) is 0.250. The molecule has 88 valence electrons. The first-order chi connectivity index (χ1) is 8.09. The molecule has 1 aliphatic rings. The van der Waals surface area contributed by atoms with E-state index >= 15 is 0 Å². The van der Waals surface area contributed by atoms with Crippen LogP contribution < -0.4 is 0 Å². The molecule has 0 spiro atoms. The number of pyridine rings is 1. The van der Waals surface area contributed by atoms with Gasteiger partial charge in [-0.05, 0) is 30.9 Å². The molecule has 1 nitrogen and oxygen atoms in total. The van der Waals surface area contributed by atoms with Crippen molar-refractivity contribution >= 4 is 57.3 Å². The Kier molecular flexibility index (Phi) is 2.91. The lowest BCUT2D eigenvalue weighted by atomic mass is 10.1. The van der Waals surface area contributed by atoms with E-state index in [-0.39, 0.29) is 0 Å². The van der Waals surface area contributed by atoms with Gasteiger partial charge in [0.1, 0.15) is 0 Å². The number of benzene rings is 1. The predicted molar refractivity (Wildman–Crippen MR) is 73.8 cm³/mol. The summed E-state index contributed by atoms with van der Waals surface area (Å²) in [7, 11) is 0. The number of rotatable bonds is 0. The number of halogens is 4. The fourth-order valence-corrected chi connectivity index (χ4v) is 3.45. The summed E-state index contributed by atoms with van der Waals surface area (Å²) in [6.07, 6.45) is 2.96. The van der Waals surface area contributed by atoms with E-state index in [0.29, 0.717) is 31.0 Å². The highest BCUT2D eigenvalue weighted by atomic mass is 35.5. The van der Waals surface area contributed by atoms with Crippen LogP contribution >= 0.6 is 46.4 Å². The van der Waals surface area contributed by atoms with Gasteiger partial charge in [-0.1, -0.05) is 46.4 Å². The van der Waals surface area contributed by atoms with Crippen molar-refractivity contribution in [1.29, 1.82) is 0 Å². The molecule has 0 aliphatic heterocycles. The minimum Gasteiger partial charge on any atom is -0.251 e. The zero-order valence-electron chi connectivity index (χ0n) is 8.66. The summed E-state index contributed by atoms with van der Waals surface area (Å²) in [6, 6.07) is 1.61. The lowest BCUT2D eigenvalue weighted by molar-refractivity contribution is 0.901. The number of fused-ring (bicyclic) bond motifs is 2. The average molecular weight is 307 g/mol. The highest BCUT2D eigenvalue weighted by molar-refractivity contribution is 6.50. The van der Waals surface area contributed by atoms with Crippen LogP contribution in [0.5, 0.6) is 0 Å². The Bertz CT molecular complexity index is 636. The van der Waals surface area contributed by atoms with Gasteiger partial charge in [0.15, 0.2) is 0 Å². The Balaban J connectivity index is 2.52.